The van der Waals surface area contributed by atoms with Crippen LogP contribution in [0.15, 0.2) is 51.7 Å². The van der Waals surface area contributed by atoms with Crippen LogP contribution in [0.4, 0.5) is 0 Å². The molecule has 2 N–H and O–H groups in total. The summed E-state index contributed by atoms with van der Waals surface area (Å²) in [7, 11) is 1.85. The van der Waals surface area contributed by atoms with Crippen molar-refractivity contribution in [3.8, 4) is 11.4 Å². The number of fused-ring (bicyclic) bond motifs is 1. The zero-order valence-corrected chi connectivity index (χ0v) is 18.3. The number of oxazole rings is 1. The highest BCUT2D eigenvalue weighted by molar-refractivity contribution is 5.81. The van der Waals surface area contributed by atoms with Crippen LogP contribution in [0.5, 0.6) is 0 Å². The molecule has 10 heteroatoms. The number of benzene rings is 2. The Hall–Kier alpha value is -3.79. The summed E-state index contributed by atoms with van der Waals surface area (Å²) in [6, 6.07) is 13.2. The van der Waals surface area contributed by atoms with E-state index in [-0.39, 0.29) is 18.4 Å². The molecule has 4 aromatic rings. The average Bonchev–Trinajstić information content (AvgIpc) is 3.58. The molecule has 0 spiro atoms. The fourth-order valence-corrected chi connectivity index (χ4v) is 4.41. The molecule has 10 nitrogen and oxygen atoms in total. The van der Waals surface area contributed by atoms with Gasteiger partial charge in [0.15, 0.2) is 5.58 Å². The topological polar surface area (TPSA) is 124 Å². The van der Waals surface area contributed by atoms with Crippen LogP contribution >= 0.6 is 0 Å². The molecule has 1 atom stereocenters. The van der Waals surface area contributed by atoms with Crippen LogP contribution in [0, 0.1) is 0 Å². The van der Waals surface area contributed by atoms with Crippen molar-refractivity contribution in [2.24, 2.45) is 0 Å². The number of likely N-dealkylation sites (N-methyl/N-ethyl adjacent to an activating group) is 1. The maximum absolute atomic E-state index is 13.3. The van der Waals surface area contributed by atoms with Crippen LogP contribution in [0.1, 0.15) is 30.0 Å². The maximum Gasteiger partial charge on any atom is 0.417 e. The van der Waals surface area contributed by atoms with Crippen molar-refractivity contribution in [2.75, 3.05) is 26.7 Å². The van der Waals surface area contributed by atoms with Crippen molar-refractivity contribution in [3.05, 3.63) is 64.1 Å². The fraction of sp³-hybridized carbons (Fsp3) is 0.348. The van der Waals surface area contributed by atoms with E-state index >= 15 is 0 Å². The Morgan fingerprint density at radius 3 is 2.85 bits per heavy atom. The number of nitrogens with zero attached hydrogens (tertiary/aromatic N) is 5. The summed E-state index contributed by atoms with van der Waals surface area (Å²) < 4.78 is 5.06. The normalized spacial score (nSPS) is 15.2. The number of hydrogen-bond donors (Lipinski definition) is 2. The number of carbonyl (C=O) groups excluding carboxylic acids is 1. The second-order valence-electron chi connectivity index (χ2n) is 8.41. The summed E-state index contributed by atoms with van der Waals surface area (Å²) in [6.45, 7) is 2.83. The highest BCUT2D eigenvalue weighted by Crippen LogP contribution is 2.27. The van der Waals surface area contributed by atoms with Crippen molar-refractivity contribution >= 4 is 17.0 Å². The smallest absolute Gasteiger partial charge is 0.408 e. The highest BCUT2D eigenvalue weighted by Gasteiger charge is 2.26. The van der Waals surface area contributed by atoms with Crippen molar-refractivity contribution in [2.45, 2.75) is 25.3 Å². The summed E-state index contributed by atoms with van der Waals surface area (Å²) in [5.74, 6) is 0.0141. The van der Waals surface area contributed by atoms with Gasteiger partial charge in [0.1, 0.15) is 0 Å². The van der Waals surface area contributed by atoms with E-state index < -0.39 is 5.76 Å². The highest BCUT2D eigenvalue weighted by atomic mass is 16.4. The summed E-state index contributed by atoms with van der Waals surface area (Å²) >= 11 is 0. The van der Waals surface area contributed by atoms with E-state index in [0.717, 1.165) is 36.3 Å². The van der Waals surface area contributed by atoms with Gasteiger partial charge in [-0.3, -0.25) is 9.78 Å². The summed E-state index contributed by atoms with van der Waals surface area (Å²) in [6.07, 6.45) is 2.58. The van der Waals surface area contributed by atoms with Crippen molar-refractivity contribution in [3.63, 3.8) is 0 Å². The Morgan fingerprint density at radius 2 is 2.06 bits per heavy atom. The van der Waals surface area contributed by atoms with Crippen LogP contribution in [-0.2, 0) is 11.2 Å². The lowest BCUT2D eigenvalue weighted by atomic mass is 10.0. The lowest BCUT2D eigenvalue weighted by Gasteiger charge is -2.32. The largest absolute Gasteiger partial charge is 0.417 e. The number of rotatable bonds is 7. The van der Waals surface area contributed by atoms with Gasteiger partial charge in [0.05, 0.1) is 18.0 Å². The summed E-state index contributed by atoms with van der Waals surface area (Å²) in [5, 5.41) is 14.3. The summed E-state index contributed by atoms with van der Waals surface area (Å²) in [5.41, 5.74) is 3.76. The van der Waals surface area contributed by atoms with E-state index in [1.807, 2.05) is 42.3 Å². The van der Waals surface area contributed by atoms with Crippen molar-refractivity contribution in [1.82, 2.24) is 35.4 Å². The molecule has 0 radical (unpaired) electrons. The number of hydrogen-bond acceptors (Lipinski definition) is 7. The van der Waals surface area contributed by atoms with Crippen LogP contribution in [0.25, 0.3) is 22.5 Å². The lowest BCUT2D eigenvalue weighted by molar-refractivity contribution is -0.131. The average molecular weight is 447 g/mol. The zero-order chi connectivity index (χ0) is 22.8. The minimum Gasteiger partial charge on any atom is -0.408 e. The molecular formula is C23H25N7O3. The van der Waals surface area contributed by atoms with Crippen LogP contribution in [0.3, 0.4) is 0 Å². The molecule has 0 aliphatic carbocycles. The third-order valence-electron chi connectivity index (χ3n) is 6.20. The van der Waals surface area contributed by atoms with Crippen molar-refractivity contribution < 1.29 is 9.21 Å². The number of H-pyrrole nitrogens is 2. The van der Waals surface area contributed by atoms with E-state index in [4.69, 9.17) is 4.42 Å². The number of amides is 1. The van der Waals surface area contributed by atoms with Crippen LogP contribution < -0.4 is 5.76 Å². The first-order chi connectivity index (χ1) is 16.1. The molecule has 170 valence electrons. The van der Waals surface area contributed by atoms with Gasteiger partial charge in [0.2, 0.25) is 11.7 Å². The first-order valence-electron chi connectivity index (χ1n) is 11.0. The zero-order valence-electron chi connectivity index (χ0n) is 18.3. The molecule has 1 saturated heterocycles. The quantitative estimate of drug-likeness (QED) is 0.445. The van der Waals surface area contributed by atoms with E-state index in [0.29, 0.717) is 16.9 Å². The molecule has 1 unspecified atom stereocenters. The second kappa shape index (κ2) is 8.99. The van der Waals surface area contributed by atoms with E-state index in [9.17, 15) is 9.59 Å². The minimum atomic E-state index is -0.502. The Labute approximate surface area is 189 Å². The Kier molecular flexibility index (Phi) is 5.74. The molecule has 5 rings (SSSR count). The van der Waals surface area contributed by atoms with Gasteiger partial charge < -0.3 is 14.2 Å². The minimum absolute atomic E-state index is 0.00523. The molecule has 2 aromatic carbocycles. The maximum atomic E-state index is 13.3. The van der Waals surface area contributed by atoms with Gasteiger partial charge in [-0.05, 0) is 60.5 Å². The van der Waals surface area contributed by atoms with Gasteiger partial charge in [0.25, 0.3) is 0 Å². The van der Waals surface area contributed by atoms with Crippen LogP contribution in [-0.4, -0.2) is 68.0 Å². The van der Waals surface area contributed by atoms with E-state index in [1.54, 1.807) is 12.1 Å². The molecule has 0 saturated carbocycles. The van der Waals surface area contributed by atoms with Crippen molar-refractivity contribution in [1.29, 1.82) is 0 Å². The number of aromatic amines is 2. The molecule has 1 fully saturated rings. The lowest BCUT2D eigenvalue weighted by Crippen LogP contribution is -2.39. The number of tetrazole rings is 1. The molecular weight excluding hydrogens is 422 g/mol. The number of aromatic nitrogens is 5. The predicted octanol–water partition coefficient (Wildman–Crippen LogP) is 2.14. The molecule has 33 heavy (non-hydrogen) atoms. The monoisotopic (exact) mass is 447 g/mol. The van der Waals surface area contributed by atoms with E-state index in [1.165, 1.54) is 12.8 Å². The molecule has 1 aliphatic heterocycles. The molecule has 1 amide bonds. The second-order valence-corrected chi connectivity index (χ2v) is 8.41. The Morgan fingerprint density at radius 1 is 1.21 bits per heavy atom. The van der Waals surface area contributed by atoms with Gasteiger partial charge in [-0.2, -0.15) is 5.21 Å². The van der Waals surface area contributed by atoms with E-state index in [2.05, 4.69) is 30.5 Å². The molecule has 3 heterocycles. The fourth-order valence-electron chi connectivity index (χ4n) is 4.41. The first kappa shape index (κ1) is 21.1. The van der Waals surface area contributed by atoms with Gasteiger partial charge in [-0.25, -0.2) is 4.79 Å². The van der Waals surface area contributed by atoms with Gasteiger partial charge in [-0.15, -0.1) is 10.2 Å². The molecule has 2 aromatic heterocycles. The molecule has 1 aliphatic rings. The number of nitrogens with one attached hydrogen (secondary N) is 2. The van der Waals surface area contributed by atoms with Gasteiger partial charge >= 0.3 is 5.76 Å². The number of likely N-dealkylation sites (tertiary alicyclic amines) is 1. The third kappa shape index (κ3) is 4.56. The van der Waals surface area contributed by atoms with Gasteiger partial charge in [-0.1, -0.05) is 24.3 Å². The SMILES string of the molecule is CN(C(=O)Cc1ccc2oc(=O)[nH]c2c1)C(CN1CCCC1)c1cccc(-c2nn[nH]n2)c1. The van der Waals surface area contributed by atoms with Gasteiger partial charge in [0, 0.05) is 19.2 Å². The van der Waals surface area contributed by atoms with Crippen LogP contribution in [0.2, 0.25) is 0 Å². The predicted molar refractivity (Wildman–Crippen MR) is 121 cm³/mol. The number of carbonyl (C=O) groups is 1. The first-order valence-corrected chi connectivity index (χ1v) is 11.0. The Bertz CT molecular complexity index is 1310. The standard InChI is InChI=1S/C23H25N7O3/c1-29(21(31)12-15-7-8-20-18(11-15)24-23(32)33-20)19(14-30-9-2-3-10-30)16-5-4-6-17(13-16)22-25-27-28-26-22/h4-8,11,13,19H,2-3,9-10,12,14H2,1H3,(H,24,32)(H,25,26,27,28). The third-order valence-corrected chi connectivity index (χ3v) is 6.20. The summed E-state index contributed by atoms with van der Waals surface area (Å²) in [4.78, 5) is 31.6. The Balaban J connectivity index is 1.40. The molecule has 0 bridgehead atoms.